The van der Waals surface area contributed by atoms with Crippen molar-refractivity contribution in [3.05, 3.63) is 59.1 Å². The quantitative estimate of drug-likeness (QED) is 0.787. The zero-order valence-electron chi connectivity index (χ0n) is 16.6. The van der Waals surface area contributed by atoms with Crippen molar-refractivity contribution in [2.75, 3.05) is 45.9 Å². The van der Waals surface area contributed by atoms with Crippen LogP contribution in [0.4, 0.5) is 0 Å². The van der Waals surface area contributed by atoms with Crippen LogP contribution in [0.25, 0.3) is 0 Å². The normalized spacial score (nSPS) is 18.7. The Morgan fingerprint density at radius 2 is 1.70 bits per heavy atom. The standard InChI is InChI=1S/C22H24ClN3O4/c23-17-7-5-16(6-8-17)22(28)26-11-9-25(10-12-26)14-21(27)24-13-18-15-29-19-3-1-2-4-20(19)30-18/h1-8,18H,9-15H2,(H,24,27). The Balaban J connectivity index is 1.18. The van der Waals surface area contributed by atoms with Crippen LogP contribution in [0.3, 0.4) is 0 Å². The molecule has 30 heavy (non-hydrogen) atoms. The fraction of sp³-hybridized carbons (Fsp3) is 0.364. The third-order valence-electron chi connectivity index (χ3n) is 5.21. The number of carbonyl (C=O) groups excluding carboxylic acids is 2. The second kappa shape index (κ2) is 9.36. The van der Waals surface area contributed by atoms with E-state index in [0.29, 0.717) is 62.2 Å². The van der Waals surface area contributed by atoms with Gasteiger partial charge in [0.15, 0.2) is 11.5 Å². The Hall–Kier alpha value is -2.77. The number of para-hydroxylation sites is 2. The monoisotopic (exact) mass is 429 g/mol. The number of hydrogen-bond acceptors (Lipinski definition) is 5. The number of nitrogens with one attached hydrogen (secondary N) is 1. The average molecular weight is 430 g/mol. The molecule has 1 atom stereocenters. The van der Waals surface area contributed by atoms with Crippen molar-refractivity contribution in [1.29, 1.82) is 0 Å². The first-order valence-electron chi connectivity index (χ1n) is 10.0. The van der Waals surface area contributed by atoms with Gasteiger partial charge in [0.05, 0.1) is 13.1 Å². The molecule has 0 radical (unpaired) electrons. The van der Waals surface area contributed by atoms with Gasteiger partial charge in [-0.3, -0.25) is 14.5 Å². The van der Waals surface area contributed by atoms with Crippen LogP contribution in [-0.4, -0.2) is 73.6 Å². The van der Waals surface area contributed by atoms with Crippen LogP contribution in [0.1, 0.15) is 10.4 Å². The van der Waals surface area contributed by atoms with E-state index in [-0.39, 0.29) is 17.9 Å². The molecule has 2 aliphatic heterocycles. The fourth-order valence-corrected chi connectivity index (χ4v) is 3.66. The van der Waals surface area contributed by atoms with Gasteiger partial charge < -0.3 is 19.7 Å². The number of rotatable bonds is 5. The summed E-state index contributed by atoms with van der Waals surface area (Å²) in [7, 11) is 0. The summed E-state index contributed by atoms with van der Waals surface area (Å²) in [5.74, 6) is 1.36. The van der Waals surface area contributed by atoms with E-state index in [1.807, 2.05) is 29.2 Å². The summed E-state index contributed by atoms with van der Waals surface area (Å²) in [5, 5.41) is 3.53. The first kappa shape index (κ1) is 20.5. The first-order valence-corrected chi connectivity index (χ1v) is 10.4. The first-order chi connectivity index (χ1) is 14.6. The molecule has 1 N–H and O–H groups in total. The van der Waals surface area contributed by atoms with E-state index in [0.717, 1.165) is 5.75 Å². The summed E-state index contributed by atoms with van der Waals surface area (Å²) in [5.41, 5.74) is 0.627. The molecule has 1 unspecified atom stereocenters. The molecular weight excluding hydrogens is 406 g/mol. The van der Waals surface area contributed by atoms with Crippen molar-refractivity contribution in [2.24, 2.45) is 0 Å². The van der Waals surface area contributed by atoms with E-state index in [2.05, 4.69) is 10.2 Å². The largest absolute Gasteiger partial charge is 0.486 e. The highest BCUT2D eigenvalue weighted by Gasteiger charge is 2.24. The topological polar surface area (TPSA) is 71.1 Å². The molecule has 2 amide bonds. The number of halogens is 1. The highest BCUT2D eigenvalue weighted by Crippen LogP contribution is 2.30. The van der Waals surface area contributed by atoms with E-state index in [4.69, 9.17) is 21.1 Å². The fourth-order valence-electron chi connectivity index (χ4n) is 3.53. The highest BCUT2D eigenvalue weighted by molar-refractivity contribution is 6.30. The Kier molecular flexibility index (Phi) is 6.40. The number of amides is 2. The third-order valence-corrected chi connectivity index (χ3v) is 5.46. The molecule has 158 valence electrons. The molecule has 2 aromatic rings. The van der Waals surface area contributed by atoms with Gasteiger partial charge in [-0.15, -0.1) is 0 Å². The summed E-state index contributed by atoms with van der Waals surface area (Å²) in [6, 6.07) is 14.4. The van der Waals surface area contributed by atoms with Crippen molar-refractivity contribution in [2.45, 2.75) is 6.10 Å². The molecule has 2 aliphatic rings. The van der Waals surface area contributed by atoms with Crippen molar-refractivity contribution < 1.29 is 19.1 Å². The minimum Gasteiger partial charge on any atom is -0.486 e. The maximum Gasteiger partial charge on any atom is 0.253 e. The number of carbonyl (C=O) groups is 2. The van der Waals surface area contributed by atoms with Crippen LogP contribution in [-0.2, 0) is 4.79 Å². The SMILES string of the molecule is O=C(CN1CCN(C(=O)c2ccc(Cl)cc2)CC1)NCC1COc2ccccc2O1. The zero-order chi connectivity index (χ0) is 20.9. The highest BCUT2D eigenvalue weighted by atomic mass is 35.5. The lowest BCUT2D eigenvalue weighted by Crippen LogP contribution is -2.52. The molecule has 0 saturated carbocycles. The number of ether oxygens (including phenoxy) is 2. The van der Waals surface area contributed by atoms with Gasteiger partial charge >= 0.3 is 0 Å². The summed E-state index contributed by atoms with van der Waals surface area (Å²) in [6.07, 6.45) is -0.210. The van der Waals surface area contributed by atoms with Gasteiger partial charge in [-0.2, -0.15) is 0 Å². The Morgan fingerprint density at radius 1 is 1.00 bits per heavy atom. The van der Waals surface area contributed by atoms with Gasteiger partial charge in [-0.05, 0) is 36.4 Å². The van der Waals surface area contributed by atoms with Crippen molar-refractivity contribution in [3.63, 3.8) is 0 Å². The molecule has 1 fully saturated rings. The van der Waals surface area contributed by atoms with E-state index < -0.39 is 0 Å². The number of fused-ring (bicyclic) bond motifs is 1. The molecule has 1 saturated heterocycles. The molecule has 0 aromatic heterocycles. The summed E-state index contributed by atoms with van der Waals surface area (Å²) in [4.78, 5) is 28.7. The van der Waals surface area contributed by atoms with Crippen LogP contribution < -0.4 is 14.8 Å². The molecular formula is C22H24ClN3O4. The summed E-state index contributed by atoms with van der Waals surface area (Å²) < 4.78 is 11.5. The lowest BCUT2D eigenvalue weighted by Gasteiger charge is -2.34. The lowest BCUT2D eigenvalue weighted by atomic mass is 10.2. The average Bonchev–Trinajstić information content (AvgIpc) is 2.78. The molecule has 0 aliphatic carbocycles. The third kappa shape index (κ3) is 5.04. The molecule has 4 rings (SSSR count). The summed E-state index contributed by atoms with van der Waals surface area (Å²) in [6.45, 7) is 3.58. The van der Waals surface area contributed by atoms with Crippen LogP contribution in [0.15, 0.2) is 48.5 Å². The van der Waals surface area contributed by atoms with Crippen molar-refractivity contribution in [3.8, 4) is 11.5 Å². The summed E-state index contributed by atoms with van der Waals surface area (Å²) >= 11 is 5.88. The maximum absolute atomic E-state index is 12.6. The van der Waals surface area contributed by atoms with Gasteiger partial charge in [-0.25, -0.2) is 0 Å². The van der Waals surface area contributed by atoms with Gasteiger partial charge in [0, 0.05) is 36.8 Å². The van der Waals surface area contributed by atoms with E-state index in [1.54, 1.807) is 24.3 Å². The Labute approximate surface area is 180 Å². The Morgan fingerprint density at radius 3 is 2.43 bits per heavy atom. The molecule has 2 heterocycles. The zero-order valence-corrected chi connectivity index (χ0v) is 17.3. The van der Waals surface area contributed by atoms with Gasteiger partial charge in [0.25, 0.3) is 5.91 Å². The van der Waals surface area contributed by atoms with E-state index in [9.17, 15) is 9.59 Å². The van der Waals surface area contributed by atoms with Crippen LogP contribution >= 0.6 is 11.6 Å². The van der Waals surface area contributed by atoms with Crippen molar-refractivity contribution >= 4 is 23.4 Å². The van der Waals surface area contributed by atoms with Crippen LogP contribution in [0.5, 0.6) is 11.5 Å². The maximum atomic E-state index is 12.6. The van der Waals surface area contributed by atoms with Crippen molar-refractivity contribution in [1.82, 2.24) is 15.1 Å². The number of piperazine rings is 1. The van der Waals surface area contributed by atoms with Crippen LogP contribution in [0, 0.1) is 0 Å². The predicted molar refractivity (Wildman–Crippen MR) is 113 cm³/mol. The van der Waals surface area contributed by atoms with Gasteiger partial charge in [-0.1, -0.05) is 23.7 Å². The van der Waals surface area contributed by atoms with Gasteiger partial charge in [0.1, 0.15) is 12.7 Å². The molecule has 0 spiro atoms. The van der Waals surface area contributed by atoms with Gasteiger partial charge in [0.2, 0.25) is 5.91 Å². The number of benzene rings is 2. The molecule has 8 heteroatoms. The second-order valence-corrected chi connectivity index (χ2v) is 7.81. The molecule has 2 aromatic carbocycles. The molecule has 7 nitrogen and oxygen atoms in total. The minimum absolute atomic E-state index is 0.00880. The lowest BCUT2D eigenvalue weighted by molar-refractivity contribution is -0.123. The van der Waals surface area contributed by atoms with E-state index >= 15 is 0 Å². The van der Waals surface area contributed by atoms with Crippen LogP contribution in [0.2, 0.25) is 5.02 Å². The predicted octanol–water partition coefficient (Wildman–Crippen LogP) is 2.05. The smallest absolute Gasteiger partial charge is 0.253 e. The minimum atomic E-state index is -0.210. The number of hydrogen-bond donors (Lipinski definition) is 1. The second-order valence-electron chi connectivity index (χ2n) is 7.38. The number of nitrogens with zero attached hydrogens (tertiary/aromatic N) is 2. The van der Waals surface area contributed by atoms with E-state index in [1.165, 1.54) is 0 Å². The molecule has 0 bridgehead atoms. The Bertz CT molecular complexity index is 898.